The molecular weight excluding hydrogens is 293 g/mol. The second-order valence-electron chi connectivity index (χ2n) is 5.21. The fourth-order valence-electron chi connectivity index (χ4n) is 2.76. The van der Waals surface area contributed by atoms with E-state index in [1.165, 1.54) is 12.1 Å². The summed E-state index contributed by atoms with van der Waals surface area (Å²) < 4.78 is 19.4. The normalized spacial score (nSPS) is 19.1. The number of piperidine rings is 1. The summed E-state index contributed by atoms with van der Waals surface area (Å²) in [6, 6.07) is 2.58. The molecule has 1 saturated heterocycles. The van der Waals surface area contributed by atoms with Gasteiger partial charge in [-0.05, 0) is 37.2 Å². The van der Waals surface area contributed by atoms with Crippen molar-refractivity contribution in [3.8, 4) is 0 Å². The number of hydrogen-bond acceptors (Lipinski definition) is 3. The van der Waals surface area contributed by atoms with Gasteiger partial charge in [-0.1, -0.05) is 0 Å². The number of carbonyl (C=O) groups is 1. The van der Waals surface area contributed by atoms with Crippen LogP contribution in [0.25, 0.3) is 11.0 Å². The minimum Gasteiger partial charge on any atom is -0.380 e. The maximum atomic E-state index is 13.7. The molecule has 2 heterocycles. The van der Waals surface area contributed by atoms with Crippen LogP contribution in [0.1, 0.15) is 23.2 Å². The van der Waals surface area contributed by atoms with Gasteiger partial charge in [-0.2, -0.15) is 0 Å². The molecule has 1 aromatic carbocycles. The van der Waals surface area contributed by atoms with Crippen molar-refractivity contribution < 1.29 is 13.9 Å². The van der Waals surface area contributed by atoms with Crippen LogP contribution < -0.4 is 0 Å². The Bertz CT molecular complexity index is 739. The number of fused-ring (bicyclic) bond motifs is 1. The summed E-state index contributed by atoms with van der Waals surface area (Å²) in [5.74, 6) is -0.664. The van der Waals surface area contributed by atoms with E-state index < -0.39 is 5.82 Å². The molecule has 2 aromatic rings. The number of carbonyl (C=O) groups excluding carboxylic acids is 1. The van der Waals surface area contributed by atoms with Crippen LogP contribution >= 0.6 is 12.2 Å². The van der Waals surface area contributed by atoms with E-state index in [0.29, 0.717) is 34.5 Å². The van der Waals surface area contributed by atoms with Gasteiger partial charge in [-0.15, -0.1) is 0 Å². The third-order valence-electron chi connectivity index (χ3n) is 3.82. The number of H-pyrrole nitrogens is 2. The van der Waals surface area contributed by atoms with E-state index in [1.54, 1.807) is 12.0 Å². The van der Waals surface area contributed by atoms with Gasteiger partial charge in [0.05, 0.1) is 22.7 Å². The van der Waals surface area contributed by atoms with Gasteiger partial charge in [-0.25, -0.2) is 4.39 Å². The number of likely N-dealkylation sites (tertiary alicyclic amines) is 1. The molecule has 0 spiro atoms. The van der Waals surface area contributed by atoms with Crippen molar-refractivity contribution in [3.05, 3.63) is 28.3 Å². The van der Waals surface area contributed by atoms with Crippen LogP contribution in [0.4, 0.5) is 4.39 Å². The minimum atomic E-state index is -0.462. The van der Waals surface area contributed by atoms with Crippen LogP contribution in [0.3, 0.4) is 0 Å². The highest BCUT2D eigenvalue weighted by Gasteiger charge is 2.26. The molecule has 7 heteroatoms. The molecule has 2 N–H and O–H groups in total. The standard InChI is InChI=1S/C14H16FN3O2S/c1-20-9-3-2-4-18(7-9)13(19)10-5-8(15)6-11-12(10)17-14(21)16-11/h5-6,9H,2-4,7H2,1H3,(H2,16,17,21)/t9-/m0/s1. The summed E-state index contributed by atoms with van der Waals surface area (Å²) in [6.07, 6.45) is 1.86. The molecule has 1 aliphatic rings. The topological polar surface area (TPSA) is 61.1 Å². The molecule has 0 unspecified atom stereocenters. The minimum absolute atomic E-state index is 0.0384. The first-order chi connectivity index (χ1) is 10.1. The first-order valence-electron chi connectivity index (χ1n) is 6.82. The van der Waals surface area contributed by atoms with Gasteiger partial charge in [0, 0.05) is 20.2 Å². The number of amides is 1. The summed E-state index contributed by atoms with van der Waals surface area (Å²) in [5, 5.41) is 0. The van der Waals surface area contributed by atoms with Crippen molar-refractivity contribution in [1.29, 1.82) is 0 Å². The Labute approximate surface area is 126 Å². The molecule has 0 aliphatic carbocycles. The van der Waals surface area contributed by atoms with Gasteiger partial charge in [0.1, 0.15) is 5.82 Å². The SMILES string of the molecule is CO[C@H]1CCCN(C(=O)c2cc(F)cc3[nH]c(=S)[nH]c23)C1. The fourth-order valence-corrected chi connectivity index (χ4v) is 2.97. The first-order valence-corrected chi connectivity index (χ1v) is 7.23. The van der Waals surface area contributed by atoms with E-state index in [2.05, 4.69) is 9.97 Å². The van der Waals surface area contributed by atoms with Crippen molar-refractivity contribution in [2.75, 3.05) is 20.2 Å². The number of aromatic amines is 2. The second kappa shape index (κ2) is 5.57. The number of aromatic nitrogens is 2. The van der Waals surface area contributed by atoms with Crippen LogP contribution in [0.5, 0.6) is 0 Å². The zero-order valence-corrected chi connectivity index (χ0v) is 12.4. The van der Waals surface area contributed by atoms with Crippen molar-refractivity contribution in [1.82, 2.24) is 14.9 Å². The van der Waals surface area contributed by atoms with E-state index in [4.69, 9.17) is 17.0 Å². The van der Waals surface area contributed by atoms with Gasteiger partial charge < -0.3 is 19.6 Å². The summed E-state index contributed by atoms with van der Waals surface area (Å²) in [4.78, 5) is 20.1. The maximum Gasteiger partial charge on any atom is 0.256 e. The molecule has 1 amide bonds. The van der Waals surface area contributed by atoms with Crippen molar-refractivity contribution in [2.45, 2.75) is 18.9 Å². The Morgan fingerprint density at radius 3 is 3.05 bits per heavy atom. The molecule has 1 aliphatic heterocycles. The molecule has 1 aromatic heterocycles. The van der Waals surface area contributed by atoms with Gasteiger partial charge in [0.15, 0.2) is 4.77 Å². The average molecular weight is 309 g/mol. The summed E-state index contributed by atoms with van der Waals surface area (Å²) >= 11 is 5.02. The Morgan fingerprint density at radius 1 is 1.48 bits per heavy atom. The molecule has 5 nitrogen and oxygen atoms in total. The zero-order valence-electron chi connectivity index (χ0n) is 11.6. The lowest BCUT2D eigenvalue weighted by molar-refractivity contribution is 0.0269. The van der Waals surface area contributed by atoms with E-state index in [0.717, 1.165) is 12.8 Å². The number of rotatable bonds is 2. The molecule has 0 radical (unpaired) electrons. The van der Waals surface area contributed by atoms with Gasteiger partial charge in [-0.3, -0.25) is 4.79 Å². The maximum absolute atomic E-state index is 13.7. The molecule has 3 rings (SSSR count). The summed E-state index contributed by atoms with van der Waals surface area (Å²) in [6.45, 7) is 1.18. The number of nitrogens with zero attached hydrogens (tertiary/aromatic N) is 1. The molecule has 0 bridgehead atoms. The van der Waals surface area contributed by atoms with Crippen molar-refractivity contribution >= 4 is 29.2 Å². The smallest absolute Gasteiger partial charge is 0.256 e. The Kier molecular flexibility index (Phi) is 3.77. The van der Waals surface area contributed by atoms with E-state index in [-0.39, 0.29) is 12.0 Å². The number of imidazole rings is 1. The molecule has 1 fully saturated rings. The zero-order chi connectivity index (χ0) is 15.0. The number of hydrogen-bond donors (Lipinski definition) is 2. The van der Waals surface area contributed by atoms with Crippen LogP contribution in [-0.2, 0) is 4.74 Å². The van der Waals surface area contributed by atoms with Gasteiger partial charge in [0.25, 0.3) is 5.91 Å². The van der Waals surface area contributed by atoms with Gasteiger partial charge >= 0.3 is 0 Å². The van der Waals surface area contributed by atoms with Crippen LogP contribution in [-0.4, -0.2) is 47.1 Å². The number of methoxy groups -OCH3 is 1. The average Bonchev–Trinajstić information content (AvgIpc) is 2.85. The van der Waals surface area contributed by atoms with Crippen molar-refractivity contribution in [3.63, 3.8) is 0 Å². The highest BCUT2D eigenvalue weighted by atomic mass is 32.1. The van der Waals surface area contributed by atoms with Crippen molar-refractivity contribution in [2.24, 2.45) is 0 Å². The summed E-state index contributed by atoms with van der Waals surface area (Å²) in [7, 11) is 1.64. The predicted octanol–water partition coefficient (Wildman–Crippen LogP) is 2.62. The molecule has 21 heavy (non-hydrogen) atoms. The monoisotopic (exact) mass is 309 g/mol. The Morgan fingerprint density at radius 2 is 2.29 bits per heavy atom. The summed E-state index contributed by atoms with van der Waals surface area (Å²) in [5.41, 5.74) is 1.35. The molecule has 1 atom stereocenters. The Hall–Kier alpha value is -1.73. The van der Waals surface area contributed by atoms with E-state index in [9.17, 15) is 9.18 Å². The molecule has 0 saturated carbocycles. The lowest BCUT2D eigenvalue weighted by Gasteiger charge is -2.32. The largest absolute Gasteiger partial charge is 0.380 e. The van der Waals surface area contributed by atoms with E-state index in [1.807, 2.05) is 0 Å². The fraction of sp³-hybridized carbons (Fsp3) is 0.429. The number of halogens is 1. The quantitative estimate of drug-likeness (QED) is 0.838. The molecule has 112 valence electrons. The van der Waals surface area contributed by atoms with Crippen LogP contribution in [0.15, 0.2) is 12.1 Å². The van der Waals surface area contributed by atoms with Crippen LogP contribution in [0.2, 0.25) is 0 Å². The number of nitrogens with one attached hydrogen (secondary N) is 2. The highest BCUT2D eigenvalue weighted by Crippen LogP contribution is 2.22. The first kappa shape index (κ1) is 14.2. The number of benzene rings is 1. The van der Waals surface area contributed by atoms with Gasteiger partial charge in [0.2, 0.25) is 0 Å². The lowest BCUT2D eigenvalue weighted by Crippen LogP contribution is -2.43. The van der Waals surface area contributed by atoms with Crippen LogP contribution in [0, 0.1) is 10.6 Å². The predicted molar refractivity (Wildman–Crippen MR) is 79.4 cm³/mol. The molecular formula is C14H16FN3O2S. The van der Waals surface area contributed by atoms with E-state index >= 15 is 0 Å². The number of ether oxygens (including phenoxy) is 1. The lowest BCUT2D eigenvalue weighted by atomic mass is 10.1. The second-order valence-corrected chi connectivity index (χ2v) is 5.61. The Balaban J connectivity index is 1.99. The highest BCUT2D eigenvalue weighted by molar-refractivity contribution is 7.71. The third-order valence-corrected chi connectivity index (χ3v) is 4.02. The third kappa shape index (κ3) is 2.71.